The average Bonchev–Trinajstić information content (AvgIpc) is 2.98. The van der Waals surface area contributed by atoms with Crippen molar-refractivity contribution in [2.75, 3.05) is 9.62 Å². The summed E-state index contributed by atoms with van der Waals surface area (Å²) < 4.78 is 69.3. The molecule has 0 aliphatic carbocycles. The van der Waals surface area contributed by atoms with E-state index in [2.05, 4.69) is 15.6 Å². The normalized spacial score (nSPS) is 14.6. The van der Waals surface area contributed by atoms with Gasteiger partial charge in [0, 0.05) is 12.5 Å². The average molecular weight is 547 g/mol. The molecule has 1 atom stereocenters. The first-order valence-corrected chi connectivity index (χ1v) is 13.4. The lowest BCUT2D eigenvalue weighted by molar-refractivity contribution is -0.141. The Kier molecular flexibility index (Phi) is 6.94. The van der Waals surface area contributed by atoms with E-state index in [9.17, 15) is 26.4 Å². The highest BCUT2D eigenvalue weighted by molar-refractivity contribution is 7.92. The first-order chi connectivity index (χ1) is 17.6. The number of benzene rings is 2. The number of anilines is 3. The van der Waals surface area contributed by atoms with E-state index in [-0.39, 0.29) is 45.5 Å². The van der Waals surface area contributed by atoms with Crippen LogP contribution >= 0.6 is 0 Å². The molecular weight excluding hydrogens is 517 g/mol. The maximum Gasteiger partial charge on any atom is 0.433 e. The van der Waals surface area contributed by atoms with E-state index in [0.29, 0.717) is 5.56 Å². The number of carbonyl (C=O) groups is 1. The molecule has 202 valence electrons. The number of rotatable bonds is 4. The molecule has 2 heterocycles. The van der Waals surface area contributed by atoms with Crippen LogP contribution in [0.1, 0.15) is 63.0 Å². The molecule has 0 spiro atoms. The van der Waals surface area contributed by atoms with Crippen LogP contribution in [0.3, 0.4) is 0 Å². The van der Waals surface area contributed by atoms with Gasteiger partial charge in [0.25, 0.3) is 10.0 Å². The van der Waals surface area contributed by atoms with E-state index in [1.807, 2.05) is 20.8 Å². The summed E-state index contributed by atoms with van der Waals surface area (Å²) >= 11 is 0. The summed E-state index contributed by atoms with van der Waals surface area (Å²) in [4.78, 5) is 15.4. The molecule has 0 fully saturated rings. The van der Waals surface area contributed by atoms with E-state index in [1.54, 1.807) is 37.3 Å². The summed E-state index contributed by atoms with van der Waals surface area (Å²) in [5.41, 5.74) is 1.08. The summed E-state index contributed by atoms with van der Waals surface area (Å²) in [6.07, 6.45) is -4.66. The lowest BCUT2D eigenvalue weighted by Gasteiger charge is -2.26. The topological polar surface area (TPSA) is 91.4 Å². The zero-order chi connectivity index (χ0) is 28.0. The fraction of sp³-hybridized carbons (Fsp3) is 0.333. The molecule has 38 heavy (non-hydrogen) atoms. The maximum atomic E-state index is 14.0. The highest BCUT2D eigenvalue weighted by Gasteiger charge is 2.36. The number of sulfonamides is 1. The summed E-state index contributed by atoms with van der Waals surface area (Å²) in [5.74, 6) is -0.338. The summed E-state index contributed by atoms with van der Waals surface area (Å²) in [7, 11) is -4.15. The number of aromatic nitrogens is 1. The van der Waals surface area contributed by atoms with Crippen LogP contribution in [0.15, 0.2) is 59.5 Å². The minimum absolute atomic E-state index is 0.0417. The van der Waals surface area contributed by atoms with Crippen molar-refractivity contribution in [2.24, 2.45) is 0 Å². The van der Waals surface area contributed by atoms with Crippen LogP contribution in [0.5, 0.6) is 0 Å². The van der Waals surface area contributed by atoms with Gasteiger partial charge in [0.1, 0.15) is 11.5 Å². The number of nitrogens with zero attached hydrogens (tertiary/aromatic N) is 2. The van der Waals surface area contributed by atoms with E-state index < -0.39 is 27.9 Å². The number of pyridine rings is 1. The molecule has 7 nitrogen and oxygen atoms in total. The van der Waals surface area contributed by atoms with Crippen molar-refractivity contribution in [3.8, 4) is 0 Å². The number of fused-ring (bicyclic) bond motifs is 2. The molecule has 1 aliphatic rings. The maximum absolute atomic E-state index is 14.0. The largest absolute Gasteiger partial charge is 0.433 e. The Labute approximate surface area is 220 Å². The summed E-state index contributed by atoms with van der Waals surface area (Å²) in [6, 6.07) is 13.1. The van der Waals surface area contributed by atoms with Crippen molar-refractivity contribution in [1.82, 2.24) is 10.3 Å². The predicted molar refractivity (Wildman–Crippen MR) is 140 cm³/mol. The van der Waals surface area contributed by atoms with Gasteiger partial charge in [-0.15, -0.1) is 0 Å². The molecule has 0 saturated heterocycles. The molecule has 0 bridgehead atoms. The molecule has 1 aromatic heterocycles. The molecule has 2 aromatic carbocycles. The smallest absolute Gasteiger partial charge is 0.350 e. The van der Waals surface area contributed by atoms with Gasteiger partial charge in [-0.1, -0.05) is 45.0 Å². The van der Waals surface area contributed by atoms with Gasteiger partial charge in [-0.05, 0) is 53.8 Å². The summed E-state index contributed by atoms with van der Waals surface area (Å²) in [6.45, 7) is 8.93. The van der Waals surface area contributed by atoms with Crippen LogP contribution in [-0.4, -0.2) is 19.3 Å². The second kappa shape index (κ2) is 9.61. The quantitative estimate of drug-likeness (QED) is 0.416. The number of hydrogen-bond acceptors (Lipinski definition) is 5. The number of alkyl halides is 3. The molecule has 1 aliphatic heterocycles. The van der Waals surface area contributed by atoms with Gasteiger partial charge in [-0.3, -0.25) is 9.10 Å². The van der Waals surface area contributed by atoms with Crippen molar-refractivity contribution in [3.05, 3.63) is 77.0 Å². The lowest BCUT2D eigenvalue weighted by Crippen LogP contribution is -2.31. The van der Waals surface area contributed by atoms with Crippen LogP contribution < -0.4 is 14.9 Å². The third-order valence-corrected chi connectivity index (χ3v) is 8.13. The molecular formula is C27H29F3N4O3S. The molecule has 0 saturated carbocycles. The zero-order valence-corrected chi connectivity index (χ0v) is 22.5. The van der Waals surface area contributed by atoms with Gasteiger partial charge < -0.3 is 10.6 Å². The van der Waals surface area contributed by atoms with Crippen LogP contribution in [0.4, 0.5) is 30.4 Å². The van der Waals surface area contributed by atoms with E-state index in [4.69, 9.17) is 0 Å². The van der Waals surface area contributed by atoms with E-state index in [0.717, 1.165) is 15.9 Å². The Morgan fingerprint density at radius 1 is 1.05 bits per heavy atom. The standard InChI is InChI=1S/C27H29F3N4O3S/c1-16(31-17(2)35)18-6-12-22-23(14-18)34(15-19-7-13-24(27(28,29)30)33-25(19)32-22)38(36,37)21-10-8-20(9-11-21)26(3,4)5/h6-14,16H,15H2,1-5H3,(H,31,35)(H,32,33)/t16-/m0/s1. The number of amides is 1. The Bertz CT molecular complexity index is 1480. The highest BCUT2D eigenvalue weighted by atomic mass is 32.2. The van der Waals surface area contributed by atoms with Crippen LogP contribution in [-0.2, 0) is 33.0 Å². The number of nitrogens with one attached hydrogen (secondary N) is 2. The van der Waals surface area contributed by atoms with Gasteiger partial charge in [-0.25, -0.2) is 13.4 Å². The Balaban J connectivity index is 1.87. The van der Waals surface area contributed by atoms with Crippen molar-refractivity contribution in [3.63, 3.8) is 0 Å². The first-order valence-electron chi connectivity index (χ1n) is 12.0. The van der Waals surface area contributed by atoms with Crippen LogP contribution in [0.25, 0.3) is 0 Å². The number of hydrogen-bond donors (Lipinski definition) is 2. The molecule has 0 radical (unpaired) electrons. The minimum atomic E-state index is -4.66. The summed E-state index contributed by atoms with van der Waals surface area (Å²) in [5, 5.41) is 5.66. The third-order valence-electron chi connectivity index (χ3n) is 6.35. The first kappa shape index (κ1) is 27.4. The van der Waals surface area contributed by atoms with Gasteiger partial charge >= 0.3 is 6.18 Å². The fourth-order valence-corrected chi connectivity index (χ4v) is 5.69. The predicted octanol–water partition coefficient (Wildman–Crippen LogP) is 6.05. The molecule has 1 amide bonds. The SMILES string of the molecule is CC(=O)N[C@@H](C)c1ccc2c(c1)N(S(=O)(=O)c1ccc(C(C)(C)C)cc1)Cc1ccc(C(F)(F)F)nc1N2. The van der Waals surface area contributed by atoms with Crippen molar-refractivity contribution in [2.45, 2.75) is 63.7 Å². The second-order valence-electron chi connectivity index (χ2n) is 10.3. The Morgan fingerprint density at radius 3 is 2.29 bits per heavy atom. The van der Waals surface area contributed by atoms with E-state index in [1.165, 1.54) is 25.1 Å². The van der Waals surface area contributed by atoms with Crippen molar-refractivity contribution >= 4 is 33.1 Å². The highest BCUT2D eigenvalue weighted by Crippen LogP contribution is 2.41. The second-order valence-corrected chi connectivity index (χ2v) is 12.2. The molecule has 3 aromatic rings. The van der Waals surface area contributed by atoms with Gasteiger partial charge in [0.2, 0.25) is 5.91 Å². The van der Waals surface area contributed by atoms with Gasteiger partial charge in [-0.2, -0.15) is 13.2 Å². The van der Waals surface area contributed by atoms with Gasteiger partial charge in [0.05, 0.1) is 28.9 Å². The number of carbonyl (C=O) groups excluding carboxylic acids is 1. The van der Waals surface area contributed by atoms with Crippen molar-refractivity contribution < 1.29 is 26.4 Å². The minimum Gasteiger partial charge on any atom is -0.350 e. The number of halogens is 3. The van der Waals surface area contributed by atoms with Crippen molar-refractivity contribution in [1.29, 1.82) is 0 Å². The molecule has 0 unspecified atom stereocenters. The zero-order valence-electron chi connectivity index (χ0n) is 21.6. The fourth-order valence-electron chi connectivity index (χ4n) is 4.24. The monoisotopic (exact) mass is 546 g/mol. The molecule has 11 heteroatoms. The Hall–Kier alpha value is -3.60. The Morgan fingerprint density at radius 2 is 1.71 bits per heavy atom. The van der Waals surface area contributed by atoms with Gasteiger partial charge in [0.15, 0.2) is 0 Å². The lowest BCUT2D eigenvalue weighted by atomic mass is 9.87. The van der Waals surface area contributed by atoms with Crippen LogP contribution in [0.2, 0.25) is 0 Å². The van der Waals surface area contributed by atoms with E-state index >= 15 is 0 Å². The molecule has 2 N–H and O–H groups in total. The van der Waals surface area contributed by atoms with Crippen LogP contribution in [0, 0.1) is 0 Å². The molecule has 4 rings (SSSR count). The third kappa shape index (κ3) is 5.47.